The van der Waals surface area contributed by atoms with Crippen molar-refractivity contribution >= 4 is 14.7 Å². The van der Waals surface area contributed by atoms with Gasteiger partial charge in [-0.25, -0.2) is 0 Å². The topological polar surface area (TPSA) is 12.0 Å². The van der Waals surface area contributed by atoms with Gasteiger partial charge in [-0.1, -0.05) is 86.7 Å². The maximum Gasteiger partial charge on any atom is 0.108 e. The fraction of sp³-hybridized carbons (Fsp3) is 0.583. The number of hydrogen-bond acceptors (Lipinski definition) is 1. The van der Waals surface area contributed by atoms with Crippen molar-refractivity contribution in [2.45, 2.75) is 90.3 Å². The van der Waals surface area contributed by atoms with Crippen LogP contribution < -0.4 is 10.5 Å². The largest absolute Gasteiger partial charge is 0.308 e. The van der Waals surface area contributed by atoms with E-state index in [9.17, 15) is 0 Å². The van der Waals surface area contributed by atoms with Crippen LogP contribution in [0, 0.1) is 0 Å². The SMILES string of the molecule is CCCCCCCCC1=C(C(NC(C)(C)C)[Si]c2ccccc2)CC=C1. The van der Waals surface area contributed by atoms with Crippen LogP contribution >= 0.6 is 0 Å². The van der Waals surface area contributed by atoms with E-state index in [-0.39, 0.29) is 5.54 Å². The molecule has 26 heavy (non-hydrogen) atoms. The number of rotatable bonds is 11. The highest BCUT2D eigenvalue weighted by Gasteiger charge is 2.24. The second-order valence-corrected chi connectivity index (χ2v) is 9.96. The van der Waals surface area contributed by atoms with Crippen molar-refractivity contribution < 1.29 is 0 Å². The molecule has 1 nitrogen and oxygen atoms in total. The predicted molar refractivity (Wildman–Crippen MR) is 117 cm³/mol. The minimum atomic E-state index is 0.132. The molecule has 1 aromatic carbocycles. The van der Waals surface area contributed by atoms with Crippen molar-refractivity contribution in [2.24, 2.45) is 0 Å². The first-order valence-electron chi connectivity index (χ1n) is 10.5. The summed E-state index contributed by atoms with van der Waals surface area (Å²) < 4.78 is 0. The first kappa shape index (κ1) is 21.2. The summed E-state index contributed by atoms with van der Waals surface area (Å²) >= 11 is 0. The summed E-state index contributed by atoms with van der Waals surface area (Å²) in [4.78, 5) is 0. The van der Waals surface area contributed by atoms with Gasteiger partial charge in [-0.05, 0) is 51.2 Å². The van der Waals surface area contributed by atoms with Gasteiger partial charge < -0.3 is 5.32 Å². The predicted octanol–water partition coefficient (Wildman–Crippen LogP) is 5.74. The normalized spacial score (nSPS) is 15.7. The van der Waals surface area contributed by atoms with Gasteiger partial charge in [0.05, 0.1) is 0 Å². The van der Waals surface area contributed by atoms with Crippen molar-refractivity contribution in [3.63, 3.8) is 0 Å². The quantitative estimate of drug-likeness (QED) is 0.388. The maximum absolute atomic E-state index is 3.91. The van der Waals surface area contributed by atoms with Gasteiger partial charge in [0.15, 0.2) is 0 Å². The van der Waals surface area contributed by atoms with Crippen LogP contribution in [0.2, 0.25) is 0 Å². The molecular formula is C24H37NSi. The number of unbranched alkanes of at least 4 members (excludes halogenated alkanes) is 5. The monoisotopic (exact) mass is 367 g/mol. The number of hydrogen-bond donors (Lipinski definition) is 1. The van der Waals surface area contributed by atoms with Gasteiger partial charge >= 0.3 is 0 Å². The fourth-order valence-electron chi connectivity index (χ4n) is 3.55. The highest BCUT2D eigenvalue weighted by molar-refractivity contribution is 6.56. The Morgan fingerprint density at radius 2 is 1.69 bits per heavy atom. The average molecular weight is 368 g/mol. The van der Waals surface area contributed by atoms with Gasteiger partial charge in [0.25, 0.3) is 0 Å². The van der Waals surface area contributed by atoms with Gasteiger partial charge in [-0.3, -0.25) is 0 Å². The number of nitrogens with one attached hydrogen (secondary N) is 1. The van der Waals surface area contributed by atoms with Crippen LogP contribution in [0.3, 0.4) is 0 Å². The fourth-order valence-corrected chi connectivity index (χ4v) is 5.25. The van der Waals surface area contributed by atoms with E-state index in [2.05, 4.69) is 75.5 Å². The number of allylic oxidation sites excluding steroid dienone is 3. The summed E-state index contributed by atoms with van der Waals surface area (Å²) in [6, 6.07) is 11.0. The molecule has 1 aliphatic carbocycles. The Morgan fingerprint density at radius 3 is 2.38 bits per heavy atom. The standard InChI is InChI=1S/C24H37NSi/c1-5-6-7-8-9-11-15-20-16-14-19-22(20)23(25-24(2,3)4)26-21-17-12-10-13-18-21/h10,12-14,16-18,23,25H,5-9,11,15,19H2,1-4H3. The molecule has 0 amide bonds. The lowest BCUT2D eigenvalue weighted by Gasteiger charge is -2.30. The molecule has 0 bridgehead atoms. The molecule has 0 heterocycles. The van der Waals surface area contributed by atoms with Crippen LogP contribution in [-0.2, 0) is 0 Å². The van der Waals surface area contributed by atoms with Crippen molar-refractivity contribution in [2.75, 3.05) is 0 Å². The Bertz CT molecular complexity index is 580. The van der Waals surface area contributed by atoms with Crippen LogP contribution in [0.5, 0.6) is 0 Å². The molecule has 0 spiro atoms. The summed E-state index contributed by atoms with van der Waals surface area (Å²) in [7, 11) is 0.785. The van der Waals surface area contributed by atoms with Crippen molar-refractivity contribution in [3.05, 3.63) is 53.6 Å². The third kappa shape index (κ3) is 7.63. The molecule has 0 saturated carbocycles. The average Bonchev–Trinajstić information content (AvgIpc) is 3.06. The van der Waals surface area contributed by atoms with E-state index in [0.29, 0.717) is 5.67 Å². The zero-order valence-electron chi connectivity index (χ0n) is 17.3. The summed E-state index contributed by atoms with van der Waals surface area (Å²) in [6.07, 6.45) is 15.4. The first-order valence-corrected chi connectivity index (χ1v) is 11.5. The minimum absolute atomic E-state index is 0.132. The molecule has 0 saturated heterocycles. The molecule has 0 aliphatic heterocycles. The molecule has 1 N–H and O–H groups in total. The molecule has 1 aliphatic rings. The van der Waals surface area contributed by atoms with Crippen LogP contribution in [0.15, 0.2) is 53.6 Å². The van der Waals surface area contributed by atoms with E-state index in [1.807, 2.05) is 0 Å². The molecule has 2 radical (unpaired) electrons. The van der Waals surface area contributed by atoms with Gasteiger partial charge in [0, 0.05) is 11.2 Å². The minimum Gasteiger partial charge on any atom is -0.308 e. The molecule has 142 valence electrons. The number of benzene rings is 1. The molecule has 2 rings (SSSR count). The summed E-state index contributed by atoms with van der Waals surface area (Å²) in [5.41, 5.74) is 3.83. The van der Waals surface area contributed by atoms with Gasteiger partial charge in [-0.15, -0.1) is 0 Å². The summed E-state index contributed by atoms with van der Waals surface area (Å²) in [5, 5.41) is 5.36. The van der Waals surface area contributed by atoms with Gasteiger partial charge in [-0.2, -0.15) is 0 Å². The Kier molecular flexibility index (Phi) is 8.87. The van der Waals surface area contributed by atoms with Crippen LogP contribution in [0.1, 0.15) is 79.1 Å². The first-order chi connectivity index (χ1) is 12.5. The van der Waals surface area contributed by atoms with Gasteiger partial charge in [0.1, 0.15) is 9.52 Å². The van der Waals surface area contributed by atoms with Crippen molar-refractivity contribution in [3.8, 4) is 0 Å². The smallest absolute Gasteiger partial charge is 0.108 e. The van der Waals surface area contributed by atoms with Gasteiger partial charge in [0.2, 0.25) is 0 Å². The van der Waals surface area contributed by atoms with Crippen LogP contribution in [0.25, 0.3) is 0 Å². The maximum atomic E-state index is 3.91. The molecule has 2 heteroatoms. The van der Waals surface area contributed by atoms with E-state index in [0.717, 1.165) is 15.9 Å². The Morgan fingerprint density at radius 1 is 1.00 bits per heavy atom. The molecule has 0 fully saturated rings. The van der Waals surface area contributed by atoms with Crippen molar-refractivity contribution in [1.29, 1.82) is 0 Å². The third-order valence-corrected chi connectivity index (χ3v) is 6.33. The summed E-state index contributed by atoms with van der Waals surface area (Å²) in [5.74, 6) is 0. The second-order valence-electron chi connectivity index (χ2n) is 8.51. The van der Waals surface area contributed by atoms with E-state index >= 15 is 0 Å². The molecule has 1 aromatic rings. The lowest BCUT2D eigenvalue weighted by molar-refractivity contribution is 0.424. The van der Waals surface area contributed by atoms with Crippen molar-refractivity contribution in [1.82, 2.24) is 5.32 Å². The zero-order chi connectivity index (χ0) is 18.8. The van der Waals surface area contributed by atoms with Crippen LogP contribution in [0.4, 0.5) is 0 Å². The lowest BCUT2D eigenvalue weighted by Crippen LogP contribution is -2.50. The lowest BCUT2D eigenvalue weighted by atomic mass is 10.0. The van der Waals surface area contributed by atoms with E-state index < -0.39 is 0 Å². The second kappa shape index (κ2) is 10.9. The summed E-state index contributed by atoms with van der Waals surface area (Å²) in [6.45, 7) is 9.14. The van der Waals surface area contributed by atoms with E-state index in [4.69, 9.17) is 0 Å². The Hall–Kier alpha value is -1.12. The molecule has 1 unspecified atom stereocenters. The van der Waals surface area contributed by atoms with E-state index in [1.54, 1.807) is 11.1 Å². The molecular weight excluding hydrogens is 330 g/mol. The highest BCUT2D eigenvalue weighted by Crippen LogP contribution is 2.27. The zero-order valence-corrected chi connectivity index (χ0v) is 18.3. The molecule has 0 aromatic heterocycles. The Balaban J connectivity index is 2.01. The van der Waals surface area contributed by atoms with Crippen LogP contribution in [-0.4, -0.2) is 20.7 Å². The van der Waals surface area contributed by atoms with E-state index in [1.165, 1.54) is 50.1 Å². The molecule has 1 atom stereocenters. The Labute approximate surface area is 164 Å². The highest BCUT2D eigenvalue weighted by atomic mass is 28.2. The third-order valence-electron chi connectivity index (χ3n) is 4.88.